The topological polar surface area (TPSA) is 64.7 Å². The average Bonchev–Trinajstić information content (AvgIpc) is 2.73. The van der Waals surface area contributed by atoms with E-state index in [9.17, 15) is 0 Å². The molecule has 0 aliphatic heterocycles. The van der Waals surface area contributed by atoms with Crippen LogP contribution < -0.4 is 5.73 Å². The number of nitrogens with two attached hydrogens (primary N) is 1. The third kappa shape index (κ3) is 2.47. The Balaban J connectivity index is 2.62. The van der Waals surface area contributed by atoms with E-state index in [1.54, 1.807) is 5.51 Å². The summed E-state index contributed by atoms with van der Waals surface area (Å²) < 4.78 is 0.768. The summed E-state index contributed by atoms with van der Waals surface area (Å²) in [7, 11) is 0. The summed E-state index contributed by atoms with van der Waals surface area (Å²) in [5, 5.41) is 1.91. The molecule has 0 aromatic carbocycles. The maximum Gasteiger partial charge on any atom is 0.181 e. The molecule has 90 valence electrons. The lowest BCUT2D eigenvalue weighted by molar-refractivity contribution is 0.564. The van der Waals surface area contributed by atoms with E-state index in [0.717, 1.165) is 15.9 Å². The molecule has 4 nitrogen and oxygen atoms in total. The molecule has 2 rings (SSSR count). The van der Waals surface area contributed by atoms with Crippen molar-refractivity contribution in [2.45, 2.75) is 26.2 Å². The van der Waals surface area contributed by atoms with Crippen molar-refractivity contribution in [3.05, 3.63) is 21.1 Å². The van der Waals surface area contributed by atoms with Crippen LogP contribution in [0.4, 0.5) is 5.82 Å². The van der Waals surface area contributed by atoms with Crippen LogP contribution in [-0.2, 0) is 5.41 Å². The summed E-state index contributed by atoms with van der Waals surface area (Å²) >= 11 is 4.96. The molecule has 2 N–H and O–H groups in total. The van der Waals surface area contributed by atoms with Crippen LogP contribution in [0.15, 0.2) is 15.4 Å². The summed E-state index contributed by atoms with van der Waals surface area (Å²) in [6, 6.07) is 0. The van der Waals surface area contributed by atoms with Crippen LogP contribution in [0.2, 0.25) is 0 Å². The Bertz CT molecular complexity index is 531. The van der Waals surface area contributed by atoms with Gasteiger partial charge in [0, 0.05) is 10.8 Å². The number of hydrogen-bond acceptors (Lipinski definition) is 5. The average molecular weight is 313 g/mol. The fourth-order valence-corrected chi connectivity index (χ4v) is 2.70. The molecule has 0 saturated heterocycles. The molecule has 0 spiro atoms. The van der Waals surface area contributed by atoms with Gasteiger partial charge in [0.15, 0.2) is 5.82 Å². The molecule has 0 fully saturated rings. The second-order valence-electron chi connectivity index (χ2n) is 4.72. The van der Waals surface area contributed by atoms with Gasteiger partial charge < -0.3 is 5.73 Å². The highest BCUT2D eigenvalue weighted by molar-refractivity contribution is 9.10. The highest BCUT2D eigenvalue weighted by Gasteiger charge is 2.23. The monoisotopic (exact) mass is 312 g/mol. The van der Waals surface area contributed by atoms with Crippen molar-refractivity contribution in [1.82, 2.24) is 15.0 Å². The summed E-state index contributed by atoms with van der Waals surface area (Å²) in [4.78, 5) is 13.0. The van der Waals surface area contributed by atoms with Gasteiger partial charge in [-0.1, -0.05) is 20.8 Å². The van der Waals surface area contributed by atoms with Gasteiger partial charge >= 0.3 is 0 Å². The van der Waals surface area contributed by atoms with Crippen LogP contribution in [-0.4, -0.2) is 15.0 Å². The summed E-state index contributed by atoms with van der Waals surface area (Å²) in [5.41, 5.74) is 9.22. The second kappa shape index (κ2) is 4.34. The molecule has 6 heteroatoms. The zero-order chi connectivity index (χ0) is 12.6. The maximum absolute atomic E-state index is 5.90. The third-order valence-corrected chi connectivity index (χ3v) is 3.62. The standard InChI is InChI=1S/C11H13BrN4S/c1-11(2,3)8-7(12)9(13)16-10(15-8)6-4-17-5-14-6/h4-5H,1-3H3,(H2,13,15,16). The van der Waals surface area contributed by atoms with Crippen LogP contribution >= 0.6 is 27.3 Å². The molecule has 17 heavy (non-hydrogen) atoms. The van der Waals surface area contributed by atoms with Crippen molar-refractivity contribution in [2.24, 2.45) is 0 Å². The van der Waals surface area contributed by atoms with Crippen molar-refractivity contribution in [3.8, 4) is 11.5 Å². The minimum Gasteiger partial charge on any atom is -0.383 e. The highest BCUT2D eigenvalue weighted by atomic mass is 79.9. The van der Waals surface area contributed by atoms with E-state index in [2.05, 4.69) is 51.7 Å². The van der Waals surface area contributed by atoms with Crippen LogP contribution in [0.3, 0.4) is 0 Å². The number of halogens is 1. The Morgan fingerprint density at radius 2 is 2.00 bits per heavy atom. The molecule has 2 heterocycles. The van der Waals surface area contributed by atoms with Gasteiger partial charge in [0.1, 0.15) is 11.5 Å². The lowest BCUT2D eigenvalue weighted by Crippen LogP contribution is -2.17. The number of hydrogen-bond donors (Lipinski definition) is 1. The van der Waals surface area contributed by atoms with Crippen molar-refractivity contribution in [2.75, 3.05) is 5.73 Å². The predicted molar refractivity (Wildman–Crippen MR) is 74.0 cm³/mol. The molecule has 0 radical (unpaired) electrons. The second-order valence-corrected chi connectivity index (χ2v) is 6.23. The Morgan fingerprint density at radius 1 is 1.29 bits per heavy atom. The molecule has 0 aliphatic rings. The van der Waals surface area contributed by atoms with Crippen molar-refractivity contribution >= 4 is 33.1 Å². The van der Waals surface area contributed by atoms with Gasteiger partial charge in [0.25, 0.3) is 0 Å². The first-order valence-corrected chi connectivity index (χ1v) is 6.85. The van der Waals surface area contributed by atoms with Gasteiger partial charge in [0.05, 0.1) is 15.7 Å². The molecule has 0 bridgehead atoms. The zero-order valence-corrected chi connectivity index (χ0v) is 12.3. The summed E-state index contributed by atoms with van der Waals surface area (Å²) in [5.74, 6) is 1.03. The van der Waals surface area contributed by atoms with E-state index in [1.165, 1.54) is 11.3 Å². The number of nitrogens with zero attached hydrogens (tertiary/aromatic N) is 3. The molecule has 0 unspecified atom stereocenters. The van der Waals surface area contributed by atoms with Gasteiger partial charge in [-0.05, 0) is 15.9 Å². The van der Waals surface area contributed by atoms with E-state index in [1.807, 2.05) is 5.38 Å². The van der Waals surface area contributed by atoms with E-state index in [-0.39, 0.29) is 5.41 Å². The zero-order valence-electron chi connectivity index (χ0n) is 9.86. The van der Waals surface area contributed by atoms with Crippen molar-refractivity contribution in [1.29, 1.82) is 0 Å². The Labute approximate surface area is 112 Å². The minimum absolute atomic E-state index is 0.0966. The molecular formula is C11H13BrN4S. The maximum atomic E-state index is 5.90. The fourth-order valence-electron chi connectivity index (χ4n) is 1.40. The van der Waals surface area contributed by atoms with Gasteiger partial charge in [-0.15, -0.1) is 11.3 Å². The number of thiazole rings is 1. The third-order valence-electron chi connectivity index (χ3n) is 2.25. The first kappa shape index (κ1) is 12.4. The Hall–Kier alpha value is -1.01. The number of aromatic nitrogens is 3. The fraction of sp³-hybridized carbons (Fsp3) is 0.364. The van der Waals surface area contributed by atoms with Crippen molar-refractivity contribution in [3.63, 3.8) is 0 Å². The summed E-state index contributed by atoms with van der Waals surface area (Å²) in [6.45, 7) is 6.26. The van der Waals surface area contributed by atoms with Gasteiger partial charge in [0.2, 0.25) is 0 Å². The lowest BCUT2D eigenvalue weighted by atomic mass is 9.92. The van der Waals surface area contributed by atoms with Gasteiger partial charge in [-0.2, -0.15) is 0 Å². The highest BCUT2D eigenvalue weighted by Crippen LogP contribution is 2.32. The molecule has 2 aromatic heterocycles. The SMILES string of the molecule is CC(C)(C)c1nc(-c2cscn2)nc(N)c1Br. The molecular weight excluding hydrogens is 300 g/mol. The van der Waals surface area contributed by atoms with Crippen LogP contribution in [0, 0.1) is 0 Å². The van der Waals surface area contributed by atoms with E-state index in [0.29, 0.717) is 11.6 Å². The van der Waals surface area contributed by atoms with Gasteiger partial charge in [-0.25, -0.2) is 15.0 Å². The minimum atomic E-state index is -0.0966. The van der Waals surface area contributed by atoms with E-state index >= 15 is 0 Å². The smallest absolute Gasteiger partial charge is 0.181 e. The van der Waals surface area contributed by atoms with Crippen LogP contribution in [0.25, 0.3) is 11.5 Å². The number of anilines is 1. The largest absolute Gasteiger partial charge is 0.383 e. The Morgan fingerprint density at radius 3 is 2.53 bits per heavy atom. The molecule has 0 aliphatic carbocycles. The van der Waals surface area contributed by atoms with Crippen molar-refractivity contribution < 1.29 is 0 Å². The van der Waals surface area contributed by atoms with E-state index in [4.69, 9.17) is 5.73 Å². The molecule has 2 aromatic rings. The summed E-state index contributed by atoms with van der Waals surface area (Å²) in [6.07, 6.45) is 0. The van der Waals surface area contributed by atoms with Crippen LogP contribution in [0.1, 0.15) is 26.5 Å². The van der Waals surface area contributed by atoms with E-state index < -0.39 is 0 Å². The Kier molecular flexibility index (Phi) is 3.18. The normalized spacial score (nSPS) is 11.8. The first-order chi connectivity index (χ1) is 7.89. The lowest BCUT2D eigenvalue weighted by Gasteiger charge is -2.20. The quantitative estimate of drug-likeness (QED) is 0.878. The predicted octanol–water partition coefficient (Wildman–Crippen LogP) is 3.24. The molecule has 0 saturated carbocycles. The molecule has 0 amide bonds. The van der Waals surface area contributed by atoms with Crippen LogP contribution in [0.5, 0.6) is 0 Å². The number of nitrogen functional groups attached to an aromatic ring is 1. The van der Waals surface area contributed by atoms with Gasteiger partial charge in [-0.3, -0.25) is 0 Å². The number of rotatable bonds is 1. The molecule has 0 atom stereocenters. The first-order valence-electron chi connectivity index (χ1n) is 5.11.